The van der Waals surface area contributed by atoms with E-state index in [4.69, 9.17) is 9.47 Å². The Kier molecular flexibility index (Phi) is 9.04. The van der Waals surface area contributed by atoms with Crippen LogP contribution in [0.1, 0.15) is 32.8 Å². The molecule has 7 nitrogen and oxygen atoms in total. The maximum absolute atomic E-state index is 12.8. The molecule has 1 aromatic rings. The highest BCUT2D eigenvalue weighted by Crippen LogP contribution is 2.23. The van der Waals surface area contributed by atoms with Gasteiger partial charge >= 0.3 is 0 Å². The highest BCUT2D eigenvalue weighted by molar-refractivity contribution is 7.89. The Hall–Kier alpha value is -1.64. The van der Waals surface area contributed by atoms with Crippen molar-refractivity contribution in [1.29, 1.82) is 0 Å². The van der Waals surface area contributed by atoms with Crippen LogP contribution >= 0.6 is 0 Å². The zero-order chi connectivity index (χ0) is 19.7. The van der Waals surface area contributed by atoms with E-state index in [9.17, 15) is 13.2 Å². The molecule has 0 fully saturated rings. The molecule has 0 saturated heterocycles. The first-order valence-corrected chi connectivity index (χ1v) is 10.2. The van der Waals surface area contributed by atoms with Gasteiger partial charge in [-0.2, -0.15) is 4.31 Å². The highest BCUT2D eigenvalue weighted by Gasteiger charge is 2.25. The van der Waals surface area contributed by atoms with Gasteiger partial charge in [0.25, 0.3) is 0 Å². The number of rotatable bonds is 11. The first kappa shape index (κ1) is 22.4. The predicted molar refractivity (Wildman–Crippen MR) is 101 cm³/mol. The van der Waals surface area contributed by atoms with E-state index in [0.717, 1.165) is 9.87 Å². The SMILES string of the molecule is CCN(CC(=O)NCCCOC(C)C)S(=O)(=O)c1ccc(OC)c(C)c1. The van der Waals surface area contributed by atoms with Crippen LogP contribution < -0.4 is 10.1 Å². The summed E-state index contributed by atoms with van der Waals surface area (Å²) in [6.07, 6.45) is 0.833. The van der Waals surface area contributed by atoms with E-state index in [0.29, 0.717) is 25.3 Å². The van der Waals surface area contributed by atoms with Crippen molar-refractivity contribution < 1.29 is 22.7 Å². The number of methoxy groups -OCH3 is 1. The van der Waals surface area contributed by atoms with E-state index in [1.807, 2.05) is 13.8 Å². The lowest BCUT2D eigenvalue weighted by Gasteiger charge is -2.20. The number of amides is 1. The summed E-state index contributed by atoms with van der Waals surface area (Å²) in [5.74, 6) is 0.290. The van der Waals surface area contributed by atoms with Crippen molar-refractivity contribution in [3.63, 3.8) is 0 Å². The molecule has 0 saturated carbocycles. The average molecular weight is 387 g/mol. The topological polar surface area (TPSA) is 84.9 Å². The van der Waals surface area contributed by atoms with Gasteiger partial charge < -0.3 is 14.8 Å². The van der Waals surface area contributed by atoms with Crippen LogP contribution in [0.5, 0.6) is 5.75 Å². The van der Waals surface area contributed by atoms with E-state index >= 15 is 0 Å². The van der Waals surface area contributed by atoms with Gasteiger partial charge in [0.1, 0.15) is 5.75 Å². The zero-order valence-corrected chi connectivity index (χ0v) is 17.1. The normalized spacial score (nSPS) is 11.8. The van der Waals surface area contributed by atoms with Gasteiger partial charge in [-0.05, 0) is 51.0 Å². The Morgan fingerprint density at radius 2 is 2.00 bits per heavy atom. The second-order valence-electron chi connectivity index (χ2n) is 6.19. The van der Waals surface area contributed by atoms with E-state index in [2.05, 4.69) is 5.32 Å². The average Bonchev–Trinajstić information content (AvgIpc) is 2.58. The summed E-state index contributed by atoms with van der Waals surface area (Å²) in [5.41, 5.74) is 0.722. The van der Waals surface area contributed by atoms with Crippen molar-refractivity contribution >= 4 is 15.9 Å². The third kappa shape index (κ3) is 6.59. The number of nitrogens with zero attached hydrogens (tertiary/aromatic N) is 1. The van der Waals surface area contributed by atoms with Crippen molar-refractivity contribution in [2.24, 2.45) is 0 Å². The summed E-state index contributed by atoms with van der Waals surface area (Å²) in [6.45, 7) is 8.38. The summed E-state index contributed by atoms with van der Waals surface area (Å²) < 4.78 is 37.3. The molecule has 0 aliphatic heterocycles. The molecule has 0 bridgehead atoms. The van der Waals surface area contributed by atoms with Gasteiger partial charge in [0, 0.05) is 19.7 Å². The van der Waals surface area contributed by atoms with Crippen LogP contribution in [0.3, 0.4) is 0 Å². The Balaban J connectivity index is 2.68. The molecule has 1 rings (SSSR count). The van der Waals surface area contributed by atoms with Crippen molar-refractivity contribution in [3.05, 3.63) is 23.8 Å². The Labute approximate surface area is 156 Å². The molecule has 1 N–H and O–H groups in total. The Morgan fingerprint density at radius 1 is 1.31 bits per heavy atom. The van der Waals surface area contributed by atoms with Gasteiger partial charge in [0.2, 0.25) is 15.9 Å². The summed E-state index contributed by atoms with van der Waals surface area (Å²) in [5, 5.41) is 2.73. The summed E-state index contributed by atoms with van der Waals surface area (Å²) >= 11 is 0. The van der Waals surface area contributed by atoms with Crippen LogP contribution in [-0.4, -0.2) is 58.1 Å². The number of likely N-dealkylation sites (N-methyl/N-ethyl adjacent to an activating group) is 1. The summed E-state index contributed by atoms with van der Waals surface area (Å²) in [6, 6.07) is 4.66. The molecule has 26 heavy (non-hydrogen) atoms. The van der Waals surface area contributed by atoms with Crippen molar-refractivity contribution in [3.8, 4) is 5.75 Å². The molecular formula is C18H30N2O5S. The number of benzene rings is 1. The summed E-state index contributed by atoms with van der Waals surface area (Å²) in [7, 11) is -2.21. The van der Waals surface area contributed by atoms with Gasteiger partial charge in [-0.3, -0.25) is 4.79 Å². The third-order valence-electron chi connectivity index (χ3n) is 3.77. The molecule has 0 aliphatic rings. The number of sulfonamides is 1. The minimum absolute atomic E-state index is 0.149. The number of ether oxygens (including phenoxy) is 2. The van der Waals surface area contributed by atoms with Crippen LogP contribution in [0.25, 0.3) is 0 Å². The highest BCUT2D eigenvalue weighted by atomic mass is 32.2. The lowest BCUT2D eigenvalue weighted by molar-refractivity contribution is -0.121. The van der Waals surface area contributed by atoms with E-state index < -0.39 is 10.0 Å². The van der Waals surface area contributed by atoms with Gasteiger partial charge in [-0.25, -0.2) is 8.42 Å². The van der Waals surface area contributed by atoms with Gasteiger partial charge in [-0.1, -0.05) is 6.92 Å². The van der Waals surface area contributed by atoms with Gasteiger partial charge in [0.15, 0.2) is 0 Å². The monoisotopic (exact) mass is 386 g/mol. The first-order valence-electron chi connectivity index (χ1n) is 8.75. The van der Waals surface area contributed by atoms with Crippen molar-refractivity contribution in [2.45, 2.75) is 45.1 Å². The smallest absolute Gasteiger partial charge is 0.243 e. The van der Waals surface area contributed by atoms with Crippen LogP contribution in [0.4, 0.5) is 0 Å². The van der Waals surface area contributed by atoms with Crippen LogP contribution in [0.15, 0.2) is 23.1 Å². The second-order valence-corrected chi connectivity index (χ2v) is 8.12. The van der Waals surface area contributed by atoms with E-state index in [-0.39, 0.29) is 30.0 Å². The molecule has 8 heteroatoms. The second kappa shape index (κ2) is 10.5. The fourth-order valence-electron chi connectivity index (χ4n) is 2.36. The van der Waals surface area contributed by atoms with Crippen LogP contribution in [0.2, 0.25) is 0 Å². The number of nitrogens with one attached hydrogen (secondary N) is 1. The maximum Gasteiger partial charge on any atom is 0.243 e. The largest absolute Gasteiger partial charge is 0.496 e. The minimum atomic E-state index is -3.75. The Morgan fingerprint density at radius 3 is 2.54 bits per heavy atom. The fourth-order valence-corrected chi connectivity index (χ4v) is 3.85. The van der Waals surface area contributed by atoms with Gasteiger partial charge in [0.05, 0.1) is 24.7 Å². The maximum atomic E-state index is 12.8. The first-order chi connectivity index (χ1) is 12.2. The molecule has 0 heterocycles. The third-order valence-corrected chi connectivity index (χ3v) is 5.69. The number of hydrogen-bond acceptors (Lipinski definition) is 5. The number of hydrogen-bond donors (Lipinski definition) is 1. The van der Waals surface area contributed by atoms with Crippen molar-refractivity contribution in [2.75, 3.05) is 33.4 Å². The zero-order valence-electron chi connectivity index (χ0n) is 16.2. The lowest BCUT2D eigenvalue weighted by atomic mass is 10.2. The molecule has 1 aromatic carbocycles. The molecule has 0 unspecified atom stereocenters. The molecule has 0 aromatic heterocycles. The van der Waals surface area contributed by atoms with E-state index in [1.165, 1.54) is 13.2 Å². The number of aryl methyl sites for hydroxylation is 1. The van der Waals surface area contributed by atoms with Gasteiger partial charge in [-0.15, -0.1) is 0 Å². The minimum Gasteiger partial charge on any atom is -0.496 e. The molecule has 0 atom stereocenters. The molecular weight excluding hydrogens is 356 g/mol. The quantitative estimate of drug-likeness (QED) is 0.588. The standard InChI is InChI=1S/C18H30N2O5S/c1-6-20(13-18(21)19-10-7-11-25-14(2)3)26(22,23)16-8-9-17(24-5)15(4)12-16/h8-9,12,14H,6-7,10-11,13H2,1-5H3,(H,19,21). The fraction of sp³-hybridized carbons (Fsp3) is 0.611. The predicted octanol–water partition coefficient (Wildman–Crippen LogP) is 1.95. The lowest BCUT2D eigenvalue weighted by Crippen LogP contribution is -2.41. The van der Waals surface area contributed by atoms with Crippen molar-refractivity contribution in [1.82, 2.24) is 9.62 Å². The number of carbonyl (C=O) groups excluding carboxylic acids is 1. The van der Waals surface area contributed by atoms with Crippen LogP contribution in [-0.2, 0) is 19.6 Å². The molecule has 148 valence electrons. The Bertz CT molecular complexity index is 689. The number of carbonyl (C=O) groups is 1. The molecule has 0 radical (unpaired) electrons. The van der Waals surface area contributed by atoms with E-state index in [1.54, 1.807) is 26.0 Å². The molecule has 0 spiro atoms. The summed E-state index contributed by atoms with van der Waals surface area (Å²) in [4.78, 5) is 12.2. The van der Waals surface area contributed by atoms with Crippen LogP contribution in [0, 0.1) is 6.92 Å². The molecule has 0 aliphatic carbocycles. The molecule has 1 amide bonds.